The SMILES string of the molecule is Cc1ccc(CN2C(=O)C(=Cc3ccc(C(=O)NCc4ccco4)cc3)Sc3ccccc32)cc1. The molecule has 1 aliphatic rings. The molecule has 0 unspecified atom stereocenters. The van der Waals surface area contributed by atoms with E-state index in [1.54, 1.807) is 24.5 Å². The summed E-state index contributed by atoms with van der Waals surface area (Å²) in [5.74, 6) is 0.486. The Morgan fingerprint density at radius 3 is 2.49 bits per heavy atom. The number of furan rings is 1. The number of thioether (sulfide) groups is 1. The Hall–Kier alpha value is -4.03. The predicted octanol–water partition coefficient (Wildman–Crippen LogP) is 6.20. The highest BCUT2D eigenvalue weighted by Crippen LogP contribution is 2.42. The monoisotopic (exact) mass is 480 g/mol. The first-order valence-electron chi connectivity index (χ1n) is 11.3. The zero-order chi connectivity index (χ0) is 24.2. The Kier molecular flexibility index (Phi) is 6.55. The topological polar surface area (TPSA) is 62.6 Å². The summed E-state index contributed by atoms with van der Waals surface area (Å²) < 4.78 is 5.25. The minimum atomic E-state index is -0.179. The summed E-state index contributed by atoms with van der Waals surface area (Å²) in [6, 6.07) is 27.1. The van der Waals surface area contributed by atoms with Crippen LogP contribution in [-0.4, -0.2) is 11.8 Å². The molecular weight excluding hydrogens is 456 g/mol. The van der Waals surface area contributed by atoms with Crippen molar-refractivity contribution >= 4 is 35.3 Å². The van der Waals surface area contributed by atoms with Crippen molar-refractivity contribution in [2.45, 2.75) is 24.9 Å². The lowest BCUT2D eigenvalue weighted by Gasteiger charge is -2.30. The molecule has 0 saturated carbocycles. The van der Waals surface area contributed by atoms with Gasteiger partial charge in [-0.15, -0.1) is 0 Å². The summed E-state index contributed by atoms with van der Waals surface area (Å²) in [4.78, 5) is 29.5. The molecule has 2 amide bonds. The second-order valence-electron chi connectivity index (χ2n) is 8.34. The van der Waals surface area contributed by atoms with E-state index in [0.29, 0.717) is 29.3 Å². The predicted molar refractivity (Wildman–Crippen MR) is 139 cm³/mol. The van der Waals surface area contributed by atoms with E-state index in [1.807, 2.05) is 53.4 Å². The minimum absolute atomic E-state index is 0.0328. The summed E-state index contributed by atoms with van der Waals surface area (Å²) >= 11 is 1.47. The number of benzene rings is 3. The third kappa shape index (κ3) is 5.23. The van der Waals surface area contributed by atoms with Gasteiger partial charge in [-0.05, 0) is 60.5 Å². The van der Waals surface area contributed by atoms with E-state index < -0.39 is 0 Å². The average Bonchev–Trinajstić information content (AvgIpc) is 3.40. The van der Waals surface area contributed by atoms with Crippen LogP contribution in [0.5, 0.6) is 0 Å². The molecule has 1 aromatic heterocycles. The third-order valence-corrected chi connectivity index (χ3v) is 6.84. The zero-order valence-corrected chi connectivity index (χ0v) is 20.0. The van der Waals surface area contributed by atoms with Gasteiger partial charge in [-0.3, -0.25) is 9.59 Å². The first kappa shape index (κ1) is 22.7. The number of aryl methyl sites for hydroxylation is 1. The lowest BCUT2D eigenvalue weighted by atomic mass is 10.1. The highest BCUT2D eigenvalue weighted by Gasteiger charge is 2.29. The van der Waals surface area contributed by atoms with Gasteiger partial charge in [0.1, 0.15) is 5.76 Å². The van der Waals surface area contributed by atoms with E-state index in [0.717, 1.165) is 21.7 Å². The van der Waals surface area contributed by atoms with Crippen molar-refractivity contribution in [3.63, 3.8) is 0 Å². The van der Waals surface area contributed by atoms with Gasteiger partial charge in [0, 0.05) is 10.5 Å². The number of fused-ring (bicyclic) bond motifs is 1. The number of rotatable bonds is 6. The van der Waals surface area contributed by atoms with Gasteiger partial charge in [-0.25, -0.2) is 0 Å². The summed E-state index contributed by atoms with van der Waals surface area (Å²) in [6.07, 6.45) is 3.46. The normalized spacial score (nSPS) is 14.1. The molecule has 2 heterocycles. The lowest BCUT2D eigenvalue weighted by molar-refractivity contribution is -0.114. The second-order valence-corrected chi connectivity index (χ2v) is 9.42. The van der Waals surface area contributed by atoms with Crippen LogP contribution in [0.4, 0.5) is 5.69 Å². The number of nitrogens with one attached hydrogen (secondary N) is 1. The average molecular weight is 481 g/mol. The van der Waals surface area contributed by atoms with Crippen LogP contribution in [0.25, 0.3) is 6.08 Å². The van der Waals surface area contributed by atoms with E-state index in [9.17, 15) is 9.59 Å². The number of amides is 2. The van der Waals surface area contributed by atoms with Crippen molar-refractivity contribution in [1.29, 1.82) is 0 Å². The van der Waals surface area contributed by atoms with E-state index >= 15 is 0 Å². The number of carbonyl (C=O) groups is 2. The largest absolute Gasteiger partial charge is 0.467 e. The van der Waals surface area contributed by atoms with Crippen molar-refractivity contribution in [2.24, 2.45) is 0 Å². The standard InChI is InChI=1S/C29H24N2O3S/c1-20-8-10-22(11-9-20)19-31-25-6-2-3-7-26(25)35-27(29(31)33)17-21-12-14-23(15-13-21)28(32)30-18-24-5-4-16-34-24/h2-17H,18-19H2,1H3,(H,30,32). The zero-order valence-electron chi connectivity index (χ0n) is 19.2. The van der Waals surface area contributed by atoms with Crippen LogP contribution in [0.2, 0.25) is 0 Å². The quantitative estimate of drug-likeness (QED) is 0.334. The minimum Gasteiger partial charge on any atom is -0.467 e. The van der Waals surface area contributed by atoms with Gasteiger partial charge in [-0.1, -0.05) is 65.9 Å². The van der Waals surface area contributed by atoms with E-state index in [2.05, 4.69) is 36.5 Å². The van der Waals surface area contributed by atoms with Gasteiger partial charge in [0.05, 0.1) is 29.9 Å². The van der Waals surface area contributed by atoms with Crippen LogP contribution in [0, 0.1) is 6.92 Å². The fraction of sp³-hybridized carbons (Fsp3) is 0.103. The number of hydrogen-bond donors (Lipinski definition) is 1. The fourth-order valence-corrected chi connectivity index (χ4v) is 4.92. The Morgan fingerprint density at radius 1 is 0.971 bits per heavy atom. The molecule has 0 aliphatic carbocycles. The van der Waals surface area contributed by atoms with Crippen molar-refractivity contribution in [3.8, 4) is 0 Å². The molecule has 0 fully saturated rings. The maximum Gasteiger partial charge on any atom is 0.265 e. The van der Waals surface area contributed by atoms with E-state index in [1.165, 1.54) is 17.3 Å². The molecule has 0 saturated heterocycles. The van der Waals surface area contributed by atoms with Crippen molar-refractivity contribution in [2.75, 3.05) is 4.90 Å². The molecule has 6 heteroatoms. The van der Waals surface area contributed by atoms with Crippen molar-refractivity contribution < 1.29 is 14.0 Å². The van der Waals surface area contributed by atoms with E-state index in [4.69, 9.17) is 4.42 Å². The molecule has 174 valence electrons. The Morgan fingerprint density at radius 2 is 1.74 bits per heavy atom. The number of anilines is 1. The third-order valence-electron chi connectivity index (χ3n) is 5.77. The highest BCUT2D eigenvalue weighted by atomic mass is 32.2. The number of nitrogens with zero attached hydrogens (tertiary/aromatic N) is 1. The van der Waals surface area contributed by atoms with Gasteiger partial charge < -0.3 is 14.6 Å². The van der Waals surface area contributed by atoms with Crippen LogP contribution in [0.3, 0.4) is 0 Å². The van der Waals surface area contributed by atoms with Gasteiger partial charge in [0.25, 0.3) is 11.8 Å². The molecule has 0 atom stereocenters. The number of para-hydroxylation sites is 1. The molecular formula is C29H24N2O3S. The summed E-state index contributed by atoms with van der Waals surface area (Å²) in [5.41, 5.74) is 4.60. The molecule has 35 heavy (non-hydrogen) atoms. The molecule has 0 spiro atoms. The molecule has 0 bridgehead atoms. The highest BCUT2D eigenvalue weighted by molar-refractivity contribution is 8.04. The molecule has 1 aliphatic heterocycles. The lowest BCUT2D eigenvalue weighted by Crippen LogP contribution is -2.33. The molecule has 1 N–H and O–H groups in total. The molecule has 5 rings (SSSR count). The number of carbonyl (C=O) groups excluding carboxylic acids is 2. The maximum absolute atomic E-state index is 13.5. The Balaban J connectivity index is 1.35. The summed E-state index contributed by atoms with van der Waals surface area (Å²) in [6.45, 7) is 2.89. The van der Waals surface area contributed by atoms with Crippen LogP contribution >= 0.6 is 11.8 Å². The summed E-state index contributed by atoms with van der Waals surface area (Å²) in [7, 11) is 0. The Bertz CT molecular complexity index is 1370. The first-order valence-corrected chi connectivity index (χ1v) is 12.1. The molecule has 5 nitrogen and oxygen atoms in total. The Labute approximate surface area is 208 Å². The van der Waals surface area contributed by atoms with Crippen molar-refractivity contribution in [3.05, 3.63) is 124 Å². The molecule has 3 aromatic carbocycles. The second kappa shape index (κ2) is 10.1. The first-order chi connectivity index (χ1) is 17.1. The number of hydrogen-bond acceptors (Lipinski definition) is 4. The van der Waals surface area contributed by atoms with Crippen LogP contribution in [-0.2, 0) is 17.9 Å². The fourth-order valence-electron chi connectivity index (χ4n) is 3.86. The molecule has 4 aromatic rings. The maximum atomic E-state index is 13.5. The van der Waals surface area contributed by atoms with Crippen molar-refractivity contribution in [1.82, 2.24) is 5.32 Å². The van der Waals surface area contributed by atoms with Gasteiger partial charge >= 0.3 is 0 Å². The smallest absolute Gasteiger partial charge is 0.265 e. The van der Waals surface area contributed by atoms with Crippen LogP contribution in [0.15, 0.2) is 105 Å². The van der Waals surface area contributed by atoms with Crippen LogP contribution in [0.1, 0.15) is 32.8 Å². The van der Waals surface area contributed by atoms with E-state index in [-0.39, 0.29) is 11.8 Å². The molecule has 0 radical (unpaired) electrons. The van der Waals surface area contributed by atoms with Crippen LogP contribution < -0.4 is 10.2 Å². The van der Waals surface area contributed by atoms with Gasteiger partial charge in [0.2, 0.25) is 0 Å². The van der Waals surface area contributed by atoms with Gasteiger partial charge in [-0.2, -0.15) is 0 Å². The summed E-state index contributed by atoms with van der Waals surface area (Å²) in [5, 5.41) is 2.84. The van der Waals surface area contributed by atoms with Gasteiger partial charge in [0.15, 0.2) is 0 Å².